The standard InChI is InChI=1S/C6H8ClNO3/c1-6(2)4(9)8(3-7)5(10)11-6/h3H2,1-2H3. The molecule has 0 saturated carbocycles. The van der Waals surface area contributed by atoms with Crippen LogP contribution in [0, 0.1) is 0 Å². The maximum Gasteiger partial charge on any atom is 0.418 e. The van der Waals surface area contributed by atoms with Crippen molar-refractivity contribution in [2.75, 3.05) is 6.00 Å². The predicted molar refractivity (Wildman–Crippen MR) is 38.1 cm³/mol. The molecule has 1 rings (SSSR count). The van der Waals surface area contributed by atoms with E-state index in [1.54, 1.807) is 0 Å². The highest BCUT2D eigenvalue weighted by Crippen LogP contribution is 2.23. The number of halogens is 1. The zero-order valence-electron chi connectivity index (χ0n) is 6.26. The Hall–Kier alpha value is -0.770. The van der Waals surface area contributed by atoms with Crippen LogP contribution in [-0.4, -0.2) is 28.5 Å². The summed E-state index contributed by atoms with van der Waals surface area (Å²) in [6.07, 6.45) is -0.671. The monoisotopic (exact) mass is 177 g/mol. The van der Waals surface area contributed by atoms with Crippen LogP contribution in [0.25, 0.3) is 0 Å². The number of hydrogen-bond donors (Lipinski definition) is 0. The zero-order valence-corrected chi connectivity index (χ0v) is 7.01. The molecule has 0 aromatic carbocycles. The Morgan fingerprint density at radius 2 is 2.09 bits per heavy atom. The summed E-state index contributed by atoms with van der Waals surface area (Å²) in [6, 6.07) is -0.152. The Morgan fingerprint density at radius 1 is 1.55 bits per heavy atom. The van der Waals surface area contributed by atoms with E-state index in [1.807, 2.05) is 0 Å². The van der Waals surface area contributed by atoms with Crippen LogP contribution in [0.5, 0.6) is 0 Å². The molecule has 0 aromatic rings. The maximum absolute atomic E-state index is 11.2. The Kier molecular flexibility index (Phi) is 1.80. The fourth-order valence-corrected chi connectivity index (χ4v) is 1.03. The van der Waals surface area contributed by atoms with Gasteiger partial charge in [-0.3, -0.25) is 4.79 Å². The minimum absolute atomic E-state index is 0.152. The molecule has 5 heteroatoms. The van der Waals surface area contributed by atoms with Crippen LogP contribution in [0.15, 0.2) is 0 Å². The van der Waals surface area contributed by atoms with E-state index in [0.29, 0.717) is 0 Å². The normalized spacial score (nSPS) is 22.3. The third-order valence-corrected chi connectivity index (χ3v) is 1.68. The highest BCUT2D eigenvalue weighted by Gasteiger charge is 2.46. The number of amides is 2. The summed E-state index contributed by atoms with van der Waals surface area (Å²) in [7, 11) is 0. The molecule has 4 nitrogen and oxygen atoms in total. The molecule has 0 spiro atoms. The predicted octanol–water partition coefficient (Wildman–Crippen LogP) is 0.940. The molecule has 62 valence electrons. The van der Waals surface area contributed by atoms with Crippen LogP contribution in [0.4, 0.5) is 4.79 Å². The Balaban J connectivity index is 2.88. The molecule has 0 atom stereocenters. The molecule has 1 fully saturated rings. The van der Waals surface area contributed by atoms with Gasteiger partial charge in [-0.25, -0.2) is 9.69 Å². The number of nitrogens with zero attached hydrogens (tertiary/aromatic N) is 1. The van der Waals surface area contributed by atoms with Crippen molar-refractivity contribution >= 4 is 23.6 Å². The van der Waals surface area contributed by atoms with Crippen molar-refractivity contribution in [1.29, 1.82) is 0 Å². The summed E-state index contributed by atoms with van der Waals surface area (Å²) in [5.41, 5.74) is -1.05. The minimum Gasteiger partial charge on any atom is -0.433 e. The number of cyclic esters (lactones) is 1. The molecular weight excluding hydrogens is 170 g/mol. The maximum atomic E-state index is 11.2. The summed E-state index contributed by atoms with van der Waals surface area (Å²) in [5, 5.41) is 0. The van der Waals surface area contributed by atoms with E-state index in [2.05, 4.69) is 0 Å². The average molecular weight is 178 g/mol. The highest BCUT2D eigenvalue weighted by molar-refractivity contribution is 6.21. The Labute approximate surface area is 69.1 Å². The van der Waals surface area contributed by atoms with Crippen LogP contribution in [0.3, 0.4) is 0 Å². The van der Waals surface area contributed by atoms with E-state index in [0.717, 1.165) is 4.90 Å². The summed E-state index contributed by atoms with van der Waals surface area (Å²) >= 11 is 5.33. The van der Waals surface area contributed by atoms with Gasteiger partial charge in [0.15, 0.2) is 5.60 Å². The van der Waals surface area contributed by atoms with Gasteiger partial charge in [-0.15, -0.1) is 11.6 Å². The van der Waals surface area contributed by atoms with Crippen molar-refractivity contribution < 1.29 is 14.3 Å². The van der Waals surface area contributed by atoms with Crippen LogP contribution in [0.1, 0.15) is 13.8 Å². The summed E-state index contributed by atoms with van der Waals surface area (Å²) < 4.78 is 4.72. The highest BCUT2D eigenvalue weighted by atomic mass is 35.5. The van der Waals surface area contributed by atoms with Gasteiger partial charge in [0, 0.05) is 0 Å². The van der Waals surface area contributed by atoms with Crippen LogP contribution in [-0.2, 0) is 9.53 Å². The molecule has 11 heavy (non-hydrogen) atoms. The van der Waals surface area contributed by atoms with Crippen molar-refractivity contribution in [1.82, 2.24) is 4.90 Å². The van der Waals surface area contributed by atoms with Gasteiger partial charge in [-0.05, 0) is 13.8 Å². The van der Waals surface area contributed by atoms with Gasteiger partial charge in [-0.2, -0.15) is 0 Å². The fraction of sp³-hybridized carbons (Fsp3) is 0.667. The second kappa shape index (κ2) is 2.37. The lowest BCUT2D eigenvalue weighted by Gasteiger charge is -2.11. The van der Waals surface area contributed by atoms with Crippen LogP contribution in [0.2, 0.25) is 0 Å². The topological polar surface area (TPSA) is 46.6 Å². The number of ether oxygens (including phenoxy) is 1. The third kappa shape index (κ3) is 1.18. The van der Waals surface area contributed by atoms with E-state index < -0.39 is 17.6 Å². The average Bonchev–Trinajstić information content (AvgIpc) is 2.04. The second-order valence-electron chi connectivity index (χ2n) is 2.73. The Morgan fingerprint density at radius 3 is 2.27 bits per heavy atom. The number of alkyl halides is 1. The van der Waals surface area contributed by atoms with E-state index in [9.17, 15) is 9.59 Å². The molecule has 0 aromatic heterocycles. The first-order valence-electron chi connectivity index (χ1n) is 3.10. The van der Waals surface area contributed by atoms with Crippen molar-refractivity contribution in [2.24, 2.45) is 0 Å². The van der Waals surface area contributed by atoms with Crippen molar-refractivity contribution in [3.8, 4) is 0 Å². The molecule has 0 unspecified atom stereocenters. The molecule has 1 heterocycles. The Bertz CT molecular complexity index is 214. The lowest BCUT2D eigenvalue weighted by atomic mass is 10.1. The molecule has 2 amide bonds. The largest absolute Gasteiger partial charge is 0.433 e. The minimum atomic E-state index is -1.05. The molecule has 0 N–H and O–H groups in total. The van der Waals surface area contributed by atoms with Crippen LogP contribution < -0.4 is 0 Å². The molecule has 0 aliphatic carbocycles. The van der Waals surface area contributed by atoms with Gasteiger partial charge < -0.3 is 4.74 Å². The zero-order chi connectivity index (χ0) is 8.65. The summed E-state index contributed by atoms with van der Waals surface area (Å²) in [6.45, 7) is 3.06. The van der Waals surface area contributed by atoms with E-state index in [-0.39, 0.29) is 6.00 Å². The van der Waals surface area contributed by atoms with Gasteiger partial charge in [-0.1, -0.05) is 0 Å². The molecule has 0 bridgehead atoms. The number of carbonyl (C=O) groups is 2. The number of hydrogen-bond acceptors (Lipinski definition) is 3. The van der Waals surface area contributed by atoms with Gasteiger partial charge in [0.05, 0.1) is 0 Å². The van der Waals surface area contributed by atoms with E-state index in [1.165, 1.54) is 13.8 Å². The van der Waals surface area contributed by atoms with Gasteiger partial charge in [0.1, 0.15) is 6.00 Å². The number of rotatable bonds is 1. The number of imide groups is 1. The lowest BCUT2D eigenvalue weighted by molar-refractivity contribution is -0.134. The molecule has 1 saturated heterocycles. The van der Waals surface area contributed by atoms with Gasteiger partial charge >= 0.3 is 6.09 Å². The van der Waals surface area contributed by atoms with Crippen molar-refractivity contribution in [3.63, 3.8) is 0 Å². The SMILES string of the molecule is CC1(C)OC(=O)N(CCl)C1=O. The second-order valence-corrected chi connectivity index (χ2v) is 2.97. The number of carbonyl (C=O) groups excluding carboxylic acids is 2. The van der Waals surface area contributed by atoms with Crippen LogP contribution >= 0.6 is 11.6 Å². The molecule has 1 aliphatic rings. The summed E-state index contributed by atoms with van der Waals surface area (Å²) in [4.78, 5) is 22.9. The summed E-state index contributed by atoms with van der Waals surface area (Å²) in [5.74, 6) is -0.391. The quantitative estimate of drug-likeness (QED) is 0.442. The van der Waals surface area contributed by atoms with Crippen molar-refractivity contribution in [2.45, 2.75) is 19.4 Å². The van der Waals surface area contributed by atoms with E-state index in [4.69, 9.17) is 16.3 Å². The third-order valence-electron chi connectivity index (χ3n) is 1.44. The fourth-order valence-electron chi connectivity index (χ4n) is 0.828. The first-order valence-corrected chi connectivity index (χ1v) is 3.63. The first-order chi connectivity index (χ1) is 4.99. The lowest BCUT2D eigenvalue weighted by Crippen LogP contribution is -2.35. The molecule has 0 radical (unpaired) electrons. The first kappa shape index (κ1) is 8.33. The molecule has 1 aliphatic heterocycles. The molecular formula is C6H8ClNO3. The van der Waals surface area contributed by atoms with Crippen molar-refractivity contribution in [3.05, 3.63) is 0 Å². The van der Waals surface area contributed by atoms with E-state index >= 15 is 0 Å². The smallest absolute Gasteiger partial charge is 0.418 e. The van der Waals surface area contributed by atoms with Gasteiger partial charge in [0.2, 0.25) is 0 Å². The van der Waals surface area contributed by atoms with Gasteiger partial charge in [0.25, 0.3) is 5.91 Å².